The van der Waals surface area contributed by atoms with Crippen LogP contribution in [-0.4, -0.2) is 53.2 Å². The van der Waals surface area contributed by atoms with Crippen LogP contribution in [0.25, 0.3) is 0 Å². The van der Waals surface area contributed by atoms with Crippen LogP contribution in [0.5, 0.6) is 11.5 Å². The van der Waals surface area contributed by atoms with Crippen LogP contribution in [0.3, 0.4) is 0 Å². The summed E-state index contributed by atoms with van der Waals surface area (Å²) in [4.78, 5) is 37.4. The maximum absolute atomic E-state index is 13.3. The summed E-state index contributed by atoms with van der Waals surface area (Å²) in [5, 5.41) is 2.83. The zero-order valence-corrected chi connectivity index (χ0v) is 20.7. The highest BCUT2D eigenvalue weighted by atomic mass is 32.2. The largest absolute Gasteiger partial charge is 0.497 e. The van der Waals surface area contributed by atoms with Gasteiger partial charge in [0.1, 0.15) is 23.4 Å². The lowest BCUT2D eigenvalue weighted by Gasteiger charge is -2.27. The molecule has 0 aromatic heterocycles. The van der Waals surface area contributed by atoms with Crippen molar-refractivity contribution in [3.8, 4) is 11.5 Å². The number of para-hydroxylation sites is 1. The molecule has 2 aliphatic rings. The van der Waals surface area contributed by atoms with Gasteiger partial charge in [0, 0.05) is 29.4 Å². The Bertz CT molecular complexity index is 1160. The molecule has 3 atom stereocenters. The Hall–Kier alpha value is -3.33. The third kappa shape index (κ3) is 4.52. The zero-order valence-electron chi connectivity index (χ0n) is 19.9. The van der Waals surface area contributed by atoms with E-state index in [0.717, 1.165) is 17.7 Å². The summed E-state index contributed by atoms with van der Waals surface area (Å²) in [7, 11) is 3.10. The summed E-state index contributed by atoms with van der Waals surface area (Å²) < 4.78 is 10.6. The monoisotopic (exact) mass is 480 g/mol. The number of thioether (sulfide) groups is 1. The first kappa shape index (κ1) is 23.8. The van der Waals surface area contributed by atoms with E-state index in [9.17, 15) is 9.59 Å². The van der Waals surface area contributed by atoms with E-state index in [2.05, 4.69) is 5.32 Å². The number of benzene rings is 2. The lowest BCUT2D eigenvalue weighted by molar-refractivity contribution is -0.125. The predicted octanol–water partition coefficient (Wildman–Crippen LogP) is 4.47. The van der Waals surface area contributed by atoms with Crippen molar-refractivity contribution in [2.24, 2.45) is 15.9 Å². The fourth-order valence-corrected chi connectivity index (χ4v) is 4.69. The second-order valence-electron chi connectivity index (χ2n) is 8.22. The van der Waals surface area contributed by atoms with Crippen molar-refractivity contribution in [1.29, 1.82) is 0 Å². The van der Waals surface area contributed by atoms with Crippen LogP contribution < -0.4 is 14.8 Å². The summed E-state index contributed by atoms with van der Waals surface area (Å²) in [6, 6.07) is 12.3. The molecule has 2 aromatic rings. The average molecular weight is 481 g/mol. The molecule has 0 aliphatic carbocycles. The van der Waals surface area contributed by atoms with Gasteiger partial charge in [-0.05, 0) is 25.0 Å². The second-order valence-corrected chi connectivity index (χ2v) is 9.53. The van der Waals surface area contributed by atoms with Gasteiger partial charge in [-0.1, -0.05) is 44.2 Å². The van der Waals surface area contributed by atoms with Crippen LogP contribution in [0.2, 0.25) is 0 Å². The highest BCUT2D eigenvalue weighted by Gasteiger charge is 2.43. The number of amidine groups is 2. The van der Waals surface area contributed by atoms with Crippen molar-refractivity contribution in [3.05, 3.63) is 48.0 Å². The number of ether oxygens (including phenoxy) is 2. The van der Waals surface area contributed by atoms with E-state index in [0.29, 0.717) is 28.2 Å². The molecule has 178 valence electrons. The second kappa shape index (κ2) is 9.89. The van der Waals surface area contributed by atoms with E-state index in [1.165, 1.54) is 11.8 Å². The molecule has 2 amide bonds. The number of aliphatic imine (C=N–C) groups is 2. The molecule has 8 nitrogen and oxygen atoms in total. The number of carbonyl (C=O) groups excluding carboxylic acids is 2. The van der Waals surface area contributed by atoms with Crippen molar-refractivity contribution in [1.82, 2.24) is 4.90 Å². The first-order valence-electron chi connectivity index (χ1n) is 11.2. The predicted molar refractivity (Wildman–Crippen MR) is 135 cm³/mol. The Labute approximate surface area is 203 Å². The number of nitrogens with one attached hydrogen (secondary N) is 1. The van der Waals surface area contributed by atoms with Crippen LogP contribution in [0.1, 0.15) is 32.8 Å². The number of anilines is 1. The number of methoxy groups -OCH3 is 2. The third-order valence-electron chi connectivity index (χ3n) is 5.95. The van der Waals surface area contributed by atoms with Crippen LogP contribution in [0.15, 0.2) is 52.4 Å². The third-order valence-corrected chi connectivity index (χ3v) is 7.00. The minimum atomic E-state index is -0.530. The molecule has 9 heteroatoms. The first-order chi connectivity index (χ1) is 16.4. The Kier molecular flexibility index (Phi) is 6.92. The zero-order chi connectivity index (χ0) is 24.4. The van der Waals surface area contributed by atoms with Crippen molar-refractivity contribution in [2.75, 3.05) is 19.5 Å². The van der Waals surface area contributed by atoms with E-state index in [4.69, 9.17) is 19.5 Å². The lowest BCUT2D eigenvalue weighted by atomic mass is 10.00. The van der Waals surface area contributed by atoms with E-state index in [-0.39, 0.29) is 17.7 Å². The number of rotatable bonds is 7. The molecule has 2 heterocycles. The van der Waals surface area contributed by atoms with Crippen LogP contribution >= 0.6 is 11.8 Å². The fraction of sp³-hybridized carbons (Fsp3) is 0.360. The number of hydrogen-bond donors (Lipinski definition) is 1. The molecule has 0 bridgehead atoms. The molecule has 0 unspecified atom stereocenters. The van der Waals surface area contributed by atoms with Gasteiger partial charge >= 0.3 is 0 Å². The minimum Gasteiger partial charge on any atom is -0.497 e. The summed E-state index contributed by atoms with van der Waals surface area (Å²) in [5.74, 6) is 1.52. The number of amides is 2. The Morgan fingerprint density at radius 1 is 1.15 bits per heavy atom. The number of hydrogen-bond acceptors (Lipinski definition) is 7. The molecule has 0 spiro atoms. The van der Waals surface area contributed by atoms with Gasteiger partial charge in [0.25, 0.3) is 5.91 Å². The highest BCUT2D eigenvalue weighted by Crippen LogP contribution is 2.36. The minimum absolute atomic E-state index is 0.102. The fourth-order valence-electron chi connectivity index (χ4n) is 3.78. The van der Waals surface area contributed by atoms with Crippen LogP contribution in [0.4, 0.5) is 11.4 Å². The SMILES string of the molecule is CC[C@H](C)[C@H]1N=C2c3ccccc3N=C(S[C@@H](C)C(=O)Nc3cc(OC)cc(OC)c3)N2C1=O. The first-order valence-corrected chi connectivity index (χ1v) is 12.0. The highest BCUT2D eigenvalue weighted by molar-refractivity contribution is 8.15. The molecule has 0 radical (unpaired) electrons. The number of fused-ring (bicyclic) bond motifs is 3. The molecule has 0 saturated heterocycles. The quantitative estimate of drug-likeness (QED) is 0.631. The van der Waals surface area contributed by atoms with E-state index in [1.807, 2.05) is 38.1 Å². The van der Waals surface area contributed by atoms with Crippen molar-refractivity contribution in [3.63, 3.8) is 0 Å². The standard InChI is InChI=1S/C25H28N4O4S/c1-6-14(2)21-24(31)29-22(28-21)19-9-7-8-10-20(19)27-25(29)34-15(3)23(30)26-16-11-17(32-4)13-18(12-16)33-5/h7-15,21H,6H2,1-5H3,(H,26,30)/t14-,15-,21+/m0/s1. The van der Waals surface area contributed by atoms with Crippen molar-refractivity contribution < 1.29 is 19.1 Å². The van der Waals surface area contributed by atoms with Gasteiger partial charge in [-0.2, -0.15) is 0 Å². The molecular weight excluding hydrogens is 452 g/mol. The van der Waals surface area contributed by atoms with E-state index < -0.39 is 11.3 Å². The molecule has 34 heavy (non-hydrogen) atoms. The maximum Gasteiger partial charge on any atom is 0.259 e. The summed E-state index contributed by atoms with van der Waals surface area (Å²) >= 11 is 1.23. The van der Waals surface area contributed by atoms with Gasteiger partial charge in [0.05, 0.1) is 25.2 Å². The van der Waals surface area contributed by atoms with E-state index >= 15 is 0 Å². The van der Waals surface area contributed by atoms with E-state index in [1.54, 1.807) is 44.2 Å². The van der Waals surface area contributed by atoms with Gasteiger partial charge in [-0.3, -0.25) is 14.6 Å². The van der Waals surface area contributed by atoms with Gasteiger partial charge in [0.15, 0.2) is 5.17 Å². The van der Waals surface area contributed by atoms with Gasteiger partial charge in [0.2, 0.25) is 5.91 Å². The van der Waals surface area contributed by atoms with Gasteiger partial charge < -0.3 is 14.8 Å². The normalized spacial score (nSPS) is 18.3. The van der Waals surface area contributed by atoms with Gasteiger partial charge in [-0.15, -0.1) is 0 Å². The average Bonchev–Trinajstić information content (AvgIpc) is 3.20. The molecule has 1 N–H and O–H groups in total. The lowest BCUT2D eigenvalue weighted by Crippen LogP contribution is -2.43. The number of nitrogens with zero attached hydrogens (tertiary/aromatic N) is 3. The van der Waals surface area contributed by atoms with Crippen molar-refractivity contribution in [2.45, 2.75) is 38.5 Å². The molecule has 0 fully saturated rings. The molecular formula is C25H28N4O4S. The van der Waals surface area contributed by atoms with Gasteiger partial charge in [-0.25, -0.2) is 9.89 Å². The summed E-state index contributed by atoms with van der Waals surface area (Å²) in [6.07, 6.45) is 0.838. The molecule has 4 rings (SSSR count). The maximum atomic E-state index is 13.3. The topological polar surface area (TPSA) is 92.6 Å². The Balaban J connectivity index is 1.58. The number of carbonyl (C=O) groups is 2. The summed E-state index contributed by atoms with van der Waals surface area (Å²) in [6.45, 7) is 5.86. The molecule has 2 aromatic carbocycles. The van der Waals surface area contributed by atoms with Crippen LogP contribution in [0, 0.1) is 5.92 Å². The van der Waals surface area contributed by atoms with Crippen LogP contribution in [-0.2, 0) is 9.59 Å². The molecule has 0 saturated carbocycles. The Morgan fingerprint density at radius 2 is 1.82 bits per heavy atom. The summed E-state index contributed by atoms with van der Waals surface area (Å²) in [5.41, 5.74) is 2.12. The molecule has 2 aliphatic heterocycles. The smallest absolute Gasteiger partial charge is 0.259 e. The Morgan fingerprint density at radius 3 is 2.47 bits per heavy atom. The van der Waals surface area contributed by atoms with Crippen molar-refractivity contribution >= 4 is 46.0 Å².